The minimum Gasteiger partial charge on any atom is -0.346 e. The molecular formula is C14H17ClN4O. The quantitative estimate of drug-likeness (QED) is 0.672. The Balaban J connectivity index is 2.11. The monoisotopic (exact) mass is 292 g/mol. The third-order valence-electron chi connectivity index (χ3n) is 3.94. The van der Waals surface area contributed by atoms with Gasteiger partial charge >= 0.3 is 0 Å². The molecule has 106 valence electrons. The summed E-state index contributed by atoms with van der Waals surface area (Å²) in [5.74, 6) is 5.53. The molecule has 2 aromatic heterocycles. The molecule has 0 saturated heterocycles. The minimum atomic E-state index is 0.338. The molecule has 2 heterocycles. The Hall–Kier alpha value is -1.59. The number of H-pyrrole nitrogens is 1. The Labute approximate surface area is 122 Å². The fourth-order valence-electron chi connectivity index (χ4n) is 3.00. The summed E-state index contributed by atoms with van der Waals surface area (Å²) >= 11 is 6.36. The summed E-state index contributed by atoms with van der Waals surface area (Å²) in [4.78, 5) is 12.0. The first-order chi connectivity index (χ1) is 9.81. The Kier molecular flexibility index (Phi) is 3.89. The highest BCUT2D eigenvalue weighted by Gasteiger charge is 2.25. The van der Waals surface area contributed by atoms with Crippen molar-refractivity contribution in [2.75, 3.05) is 0 Å². The number of nitrogens with one attached hydrogen (secondary N) is 1. The van der Waals surface area contributed by atoms with Gasteiger partial charge in [-0.3, -0.25) is 0 Å². The maximum absolute atomic E-state index is 6.36. The van der Waals surface area contributed by atoms with E-state index in [1.807, 2.05) is 12.3 Å². The number of aromatic nitrogens is 2. The van der Waals surface area contributed by atoms with Crippen molar-refractivity contribution in [1.29, 1.82) is 0 Å². The SMILES string of the molecule is NO/N=C(\c1c(Cl)cnc2[nH]ccc12)C1CCCCC1. The summed E-state index contributed by atoms with van der Waals surface area (Å²) in [6.45, 7) is 0. The molecule has 0 spiro atoms. The predicted octanol–water partition coefficient (Wildman–Crippen LogP) is 3.39. The van der Waals surface area contributed by atoms with Crippen LogP contribution in [-0.4, -0.2) is 15.7 Å². The van der Waals surface area contributed by atoms with Crippen molar-refractivity contribution >= 4 is 28.3 Å². The lowest BCUT2D eigenvalue weighted by molar-refractivity contribution is 0.146. The zero-order chi connectivity index (χ0) is 13.9. The third-order valence-corrected chi connectivity index (χ3v) is 4.23. The number of halogens is 1. The number of nitrogens with zero attached hydrogens (tertiary/aromatic N) is 2. The van der Waals surface area contributed by atoms with E-state index in [0.717, 1.165) is 35.2 Å². The van der Waals surface area contributed by atoms with Crippen LogP contribution >= 0.6 is 11.6 Å². The summed E-state index contributed by atoms with van der Waals surface area (Å²) in [6, 6.07) is 1.96. The standard InChI is InChI=1S/C14H17ClN4O/c15-11-8-18-14-10(6-7-17-14)12(11)13(19-20-16)9-4-2-1-3-5-9/h6-9H,1-5,16H2,(H,17,18)/b19-13-. The van der Waals surface area contributed by atoms with Crippen LogP contribution in [0.25, 0.3) is 11.0 Å². The van der Waals surface area contributed by atoms with Gasteiger partial charge < -0.3 is 9.92 Å². The molecule has 0 aliphatic heterocycles. The molecule has 0 unspecified atom stereocenters. The molecule has 0 aromatic carbocycles. The summed E-state index contributed by atoms with van der Waals surface area (Å²) in [5, 5.41) is 5.62. The Morgan fingerprint density at radius 3 is 2.95 bits per heavy atom. The predicted molar refractivity (Wildman–Crippen MR) is 79.5 cm³/mol. The first kappa shape index (κ1) is 13.4. The lowest BCUT2D eigenvalue weighted by atomic mass is 9.83. The molecule has 1 aliphatic rings. The second-order valence-corrected chi connectivity index (χ2v) is 5.55. The maximum Gasteiger partial charge on any atom is 0.137 e. The first-order valence-corrected chi connectivity index (χ1v) is 7.25. The van der Waals surface area contributed by atoms with Crippen molar-refractivity contribution in [3.05, 3.63) is 29.0 Å². The highest BCUT2D eigenvalue weighted by molar-refractivity contribution is 6.36. The van der Waals surface area contributed by atoms with E-state index in [1.54, 1.807) is 6.20 Å². The van der Waals surface area contributed by atoms with E-state index < -0.39 is 0 Å². The minimum absolute atomic E-state index is 0.338. The molecule has 2 aromatic rings. The molecule has 1 saturated carbocycles. The number of hydrogen-bond acceptors (Lipinski definition) is 4. The molecule has 3 N–H and O–H groups in total. The molecule has 5 nitrogen and oxygen atoms in total. The van der Waals surface area contributed by atoms with Gasteiger partial charge in [0, 0.05) is 29.3 Å². The molecule has 0 radical (unpaired) electrons. The number of oxime groups is 1. The van der Waals surface area contributed by atoms with Crippen molar-refractivity contribution in [1.82, 2.24) is 9.97 Å². The highest BCUT2D eigenvalue weighted by atomic mass is 35.5. The van der Waals surface area contributed by atoms with Crippen LogP contribution in [0.15, 0.2) is 23.6 Å². The van der Waals surface area contributed by atoms with Crippen molar-refractivity contribution in [3.8, 4) is 0 Å². The van der Waals surface area contributed by atoms with Crippen molar-refractivity contribution < 1.29 is 4.94 Å². The third kappa shape index (κ3) is 2.39. The number of aromatic amines is 1. The zero-order valence-electron chi connectivity index (χ0n) is 11.1. The first-order valence-electron chi connectivity index (χ1n) is 6.87. The van der Waals surface area contributed by atoms with Crippen molar-refractivity contribution in [2.24, 2.45) is 17.0 Å². The van der Waals surface area contributed by atoms with Crippen LogP contribution in [0.3, 0.4) is 0 Å². The topological polar surface area (TPSA) is 76.3 Å². The molecular weight excluding hydrogens is 276 g/mol. The van der Waals surface area contributed by atoms with E-state index in [-0.39, 0.29) is 0 Å². The Bertz CT molecular complexity index is 631. The lowest BCUT2D eigenvalue weighted by Gasteiger charge is -2.23. The molecule has 1 aliphatic carbocycles. The van der Waals surface area contributed by atoms with Crippen LogP contribution in [-0.2, 0) is 4.94 Å². The molecule has 0 bridgehead atoms. The average Bonchev–Trinajstić information content (AvgIpc) is 2.95. The normalized spacial score (nSPS) is 17.6. The Morgan fingerprint density at radius 2 is 2.20 bits per heavy atom. The number of rotatable bonds is 3. The second-order valence-electron chi connectivity index (χ2n) is 5.14. The van der Waals surface area contributed by atoms with E-state index in [4.69, 9.17) is 17.5 Å². The largest absolute Gasteiger partial charge is 0.346 e. The second kappa shape index (κ2) is 5.81. The van der Waals surface area contributed by atoms with E-state index in [9.17, 15) is 0 Å². The van der Waals surface area contributed by atoms with Gasteiger partial charge in [-0.25, -0.2) is 4.98 Å². The van der Waals surface area contributed by atoms with Gasteiger partial charge in [-0.1, -0.05) is 36.0 Å². The van der Waals surface area contributed by atoms with Crippen LogP contribution in [0.5, 0.6) is 0 Å². The van der Waals surface area contributed by atoms with Crippen molar-refractivity contribution in [2.45, 2.75) is 32.1 Å². The fourth-order valence-corrected chi connectivity index (χ4v) is 3.25. The van der Waals surface area contributed by atoms with Crippen LogP contribution in [0, 0.1) is 5.92 Å². The van der Waals surface area contributed by atoms with Gasteiger partial charge in [0.2, 0.25) is 0 Å². The molecule has 6 heteroatoms. The van der Waals surface area contributed by atoms with E-state index in [1.165, 1.54) is 19.3 Å². The Morgan fingerprint density at radius 1 is 1.40 bits per heavy atom. The molecule has 20 heavy (non-hydrogen) atoms. The molecule has 0 atom stereocenters. The number of hydrogen-bond donors (Lipinski definition) is 2. The van der Waals surface area contributed by atoms with Crippen LogP contribution in [0.4, 0.5) is 0 Å². The number of nitrogens with two attached hydrogens (primary N) is 1. The van der Waals surface area contributed by atoms with Gasteiger partial charge in [-0.05, 0) is 18.9 Å². The summed E-state index contributed by atoms with van der Waals surface area (Å²) in [5.41, 5.74) is 2.52. The molecule has 1 fully saturated rings. The number of fused-ring (bicyclic) bond motifs is 1. The van der Waals surface area contributed by atoms with Crippen molar-refractivity contribution in [3.63, 3.8) is 0 Å². The van der Waals surface area contributed by atoms with Crippen LogP contribution in [0.2, 0.25) is 5.02 Å². The van der Waals surface area contributed by atoms with Gasteiger partial charge in [0.1, 0.15) is 5.65 Å². The summed E-state index contributed by atoms with van der Waals surface area (Å²) < 4.78 is 0. The van der Waals surface area contributed by atoms with Gasteiger partial charge in [-0.2, -0.15) is 0 Å². The molecule has 3 rings (SSSR count). The summed E-state index contributed by atoms with van der Waals surface area (Å²) in [7, 11) is 0. The van der Waals surface area contributed by atoms with Crippen LogP contribution in [0.1, 0.15) is 37.7 Å². The van der Waals surface area contributed by atoms with E-state index in [2.05, 4.69) is 20.1 Å². The number of pyridine rings is 1. The lowest BCUT2D eigenvalue weighted by Crippen LogP contribution is -2.20. The van der Waals surface area contributed by atoms with Gasteiger partial charge in [-0.15, -0.1) is 5.90 Å². The summed E-state index contributed by atoms with van der Waals surface area (Å²) in [6.07, 6.45) is 9.35. The van der Waals surface area contributed by atoms with Gasteiger partial charge in [0.05, 0.1) is 10.7 Å². The average molecular weight is 293 g/mol. The van der Waals surface area contributed by atoms with E-state index >= 15 is 0 Å². The van der Waals surface area contributed by atoms with Crippen LogP contribution < -0.4 is 5.90 Å². The molecule has 0 amide bonds. The zero-order valence-corrected chi connectivity index (χ0v) is 11.9. The fraction of sp³-hybridized carbons (Fsp3) is 0.429. The maximum atomic E-state index is 6.36. The van der Waals surface area contributed by atoms with Gasteiger partial charge in [0.25, 0.3) is 0 Å². The van der Waals surface area contributed by atoms with Gasteiger partial charge in [0.15, 0.2) is 0 Å². The van der Waals surface area contributed by atoms with E-state index in [0.29, 0.717) is 10.9 Å². The smallest absolute Gasteiger partial charge is 0.137 e. The highest BCUT2D eigenvalue weighted by Crippen LogP contribution is 2.33.